The van der Waals surface area contributed by atoms with E-state index in [-0.39, 0.29) is 23.9 Å². The molecule has 6 nitrogen and oxygen atoms in total. The van der Waals surface area contributed by atoms with Crippen molar-refractivity contribution in [1.82, 2.24) is 15.1 Å². The normalized spacial score (nSPS) is 12.3. The highest BCUT2D eigenvalue weighted by atomic mass is 16.1. The number of aromatic nitrogens is 2. The first-order valence-corrected chi connectivity index (χ1v) is 8.01. The fourth-order valence-corrected chi connectivity index (χ4v) is 2.64. The van der Waals surface area contributed by atoms with Gasteiger partial charge in [0.15, 0.2) is 0 Å². The maximum absolute atomic E-state index is 12.3. The van der Waals surface area contributed by atoms with Crippen LogP contribution in [0.4, 0.5) is 0 Å². The van der Waals surface area contributed by atoms with E-state index < -0.39 is 0 Å². The van der Waals surface area contributed by atoms with Gasteiger partial charge >= 0.3 is 0 Å². The molecule has 0 saturated carbocycles. The highest BCUT2D eigenvalue weighted by Crippen LogP contribution is 2.13. The largest absolute Gasteiger partial charge is 0.352 e. The highest BCUT2D eigenvalue weighted by Gasteiger charge is 2.15. The van der Waals surface area contributed by atoms with Crippen LogP contribution >= 0.6 is 0 Å². The van der Waals surface area contributed by atoms with Crippen molar-refractivity contribution < 1.29 is 4.79 Å². The molecule has 2 rings (SSSR count). The van der Waals surface area contributed by atoms with E-state index >= 15 is 0 Å². The van der Waals surface area contributed by atoms with E-state index in [0.717, 1.165) is 24.6 Å². The third kappa shape index (κ3) is 4.16. The Morgan fingerprint density at radius 3 is 2.70 bits per heavy atom. The van der Waals surface area contributed by atoms with Gasteiger partial charge < -0.3 is 11.1 Å². The average molecular weight is 316 g/mol. The summed E-state index contributed by atoms with van der Waals surface area (Å²) in [5.41, 5.74) is 6.16. The number of unbranched alkanes of at least 4 members (excludes halogenated alkanes) is 1. The summed E-state index contributed by atoms with van der Waals surface area (Å²) in [4.78, 5) is 24.4. The van der Waals surface area contributed by atoms with E-state index in [9.17, 15) is 9.59 Å². The van der Waals surface area contributed by atoms with Crippen molar-refractivity contribution in [2.45, 2.75) is 38.6 Å². The van der Waals surface area contributed by atoms with Crippen LogP contribution < -0.4 is 16.6 Å². The van der Waals surface area contributed by atoms with Gasteiger partial charge in [0.1, 0.15) is 0 Å². The Bertz CT molecular complexity index is 739. The highest BCUT2D eigenvalue weighted by molar-refractivity contribution is 5.88. The lowest BCUT2D eigenvalue weighted by Crippen LogP contribution is -2.41. The Balaban J connectivity index is 2.20. The predicted molar refractivity (Wildman–Crippen MR) is 91.2 cm³/mol. The quantitative estimate of drug-likeness (QED) is 0.800. The predicted octanol–water partition coefficient (Wildman–Crippen LogP) is 1.11. The van der Waals surface area contributed by atoms with Crippen LogP contribution in [0.5, 0.6) is 0 Å². The first-order chi connectivity index (χ1) is 11.1. The van der Waals surface area contributed by atoms with Gasteiger partial charge in [0.25, 0.3) is 5.56 Å². The summed E-state index contributed by atoms with van der Waals surface area (Å²) in [6.45, 7) is 2.53. The number of hydrogen-bond acceptors (Lipinski definition) is 4. The van der Waals surface area contributed by atoms with Crippen LogP contribution in [0, 0.1) is 0 Å². The topological polar surface area (TPSA) is 90.0 Å². The minimum absolute atomic E-state index is 0.0127. The molecule has 0 aliphatic rings. The van der Waals surface area contributed by atoms with Crippen molar-refractivity contribution in [3.05, 3.63) is 40.3 Å². The van der Waals surface area contributed by atoms with E-state index in [0.29, 0.717) is 17.6 Å². The summed E-state index contributed by atoms with van der Waals surface area (Å²) in [5, 5.41) is 8.51. The standard InChI is InChI=1S/C17H24N4O2/c1-3-4-7-12(11-18)19-16(22)10-15-13-8-5-6-9-14(13)17(23)21(2)20-15/h5-6,8-9,12H,3-4,7,10-11,18H2,1-2H3,(H,19,22). The lowest BCUT2D eigenvalue weighted by atomic mass is 10.1. The number of fused-ring (bicyclic) bond motifs is 1. The van der Waals surface area contributed by atoms with E-state index in [1.165, 1.54) is 4.68 Å². The molecule has 1 heterocycles. The molecule has 6 heteroatoms. The van der Waals surface area contributed by atoms with Crippen LogP contribution in [-0.2, 0) is 18.3 Å². The molecule has 1 atom stereocenters. The zero-order valence-corrected chi connectivity index (χ0v) is 13.7. The Labute approximate surface area is 135 Å². The number of nitrogens with one attached hydrogen (secondary N) is 1. The van der Waals surface area contributed by atoms with Crippen LogP contribution in [0.25, 0.3) is 10.8 Å². The number of rotatable bonds is 7. The Hall–Kier alpha value is -2.21. The molecule has 124 valence electrons. The third-order valence-electron chi connectivity index (χ3n) is 3.92. The smallest absolute Gasteiger partial charge is 0.274 e. The van der Waals surface area contributed by atoms with Crippen LogP contribution in [0.1, 0.15) is 31.9 Å². The summed E-state index contributed by atoms with van der Waals surface area (Å²) < 4.78 is 1.28. The fraction of sp³-hybridized carbons (Fsp3) is 0.471. The Morgan fingerprint density at radius 1 is 1.35 bits per heavy atom. The molecule has 0 aliphatic carbocycles. The summed E-state index contributed by atoms with van der Waals surface area (Å²) >= 11 is 0. The molecule has 2 aromatic rings. The molecule has 1 amide bonds. The number of carbonyl (C=O) groups is 1. The van der Waals surface area contributed by atoms with E-state index in [4.69, 9.17) is 5.73 Å². The second-order valence-electron chi connectivity index (χ2n) is 5.74. The number of nitrogens with two attached hydrogens (primary N) is 1. The molecule has 0 radical (unpaired) electrons. The summed E-state index contributed by atoms with van der Waals surface area (Å²) in [6, 6.07) is 7.22. The second kappa shape index (κ2) is 7.87. The minimum Gasteiger partial charge on any atom is -0.352 e. The number of nitrogens with zero attached hydrogens (tertiary/aromatic N) is 2. The fourth-order valence-electron chi connectivity index (χ4n) is 2.64. The van der Waals surface area contributed by atoms with Crippen LogP contribution in [0.2, 0.25) is 0 Å². The third-order valence-corrected chi connectivity index (χ3v) is 3.92. The van der Waals surface area contributed by atoms with E-state index in [2.05, 4.69) is 17.3 Å². The van der Waals surface area contributed by atoms with Gasteiger partial charge in [0.05, 0.1) is 17.5 Å². The van der Waals surface area contributed by atoms with Gasteiger partial charge in [-0.25, -0.2) is 4.68 Å². The summed E-state index contributed by atoms with van der Waals surface area (Å²) in [6.07, 6.45) is 3.11. The number of amides is 1. The summed E-state index contributed by atoms with van der Waals surface area (Å²) in [5.74, 6) is -0.118. The minimum atomic E-state index is -0.160. The van der Waals surface area contributed by atoms with Gasteiger partial charge in [-0.1, -0.05) is 38.0 Å². The molecule has 0 aliphatic heterocycles. The molecule has 23 heavy (non-hydrogen) atoms. The maximum Gasteiger partial charge on any atom is 0.274 e. The number of benzene rings is 1. The Morgan fingerprint density at radius 2 is 2.04 bits per heavy atom. The van der Waals surface area contributed by atoms with Crippen molar-refractivity contribution in [3.63, 3.8) is 0 Å². The number of hydrogen-bond donors (Lipinski definition) is 2. The van der Waals surface area contributed by atoms with Crippen LogP contribution in [0.3, 0.4) is 0 Å². The lowest BCUT2D eigenvalue weighted by Gasteiger charge is -2.16. The average Bonchev–Trinajstić information content (AvgIpc) is 2.56. The van der Waals surface area contributed by atoms with Gasteiger partial charge in [-0.3, -0.25) is 9.59 Å². The Kier molecular flexibility index (Phi) is 5.87. The van der Waals surface area contributed by atoms with Crippen molar-refractivity contribution in [1.29, 1.82) is 0 Å². The van der Waals surface area contributed by atoms with Gasteiger partial charge in [0.2, 0.25) is 5.91 Å². The van der Waals surface area contributed by atoms with Crippen molar-refractivity contribution in [2.75, 3.05) is 6.54 Å². The maximum atomic E-state index is 12.3. The van der Waals surface area contributed by atoms with Crippen LogP contribution in [0.15, 0.2) is 29.1 Å². The first kappa shape index (κ1) is 17.1. The first-order valence-electron chi connectivity index (χ1n) is 8.01. The molecular weight excluding hydrogens is 292 g/mol. The molecule has 1 unspecified atom stereocenters. The van der Waals surface area contributed by atoms with Gasteiger partial charge in [-0.15, -0.1) is 0 Å². The van der Waals surface area contributed by atoms with Crippen molar-refractivity contribution in [3.8, 4) is 0 Å². The number of aryl methyl sites for hydroxylation is 1. The van der Waals surface area contributed by atoms with Gasteiger partial charge in [-0.05, 0) is 12.5 Å². The second-order valence-corrected chi connectivity index (χ2v) is 5.74. The van der Waals surface area contributed by atoms with Gasteiger partial charge in [0, 0.05) is 25.0 Å². The van der Waals surface area contributed by atoms with Crippen molar-refractivity contribution in [2.24, 2.45) is 12.8 Å². The SMILES string of the molecule is CCCCC(CN)NC(=O)Cc1nn(C)c(=O)c2ccccc12. The molecule has 0 spiro atoms. The lowest BCUT2D eigenvalue weighted by molar-refractivity contribution is -0.121. The number of carbonyl (C=O) groups excluding carboxylic acids is 1. The summed E-state index contributed by atoms with van der Waals surface area (Å²) in [7, 11) is 1.60. The molecule has 3 N–H and O–H groups in total. The molecule has 0 saturated heterocycles. The molecule has 0 bridgehead atoms. The van der Waals surface area contributed by atoms with Gasteiger partial charge in [-0.2, -0.15) is 5.10 Å². The molecular formula is C17H24N4O2. The van der Waals surface area contributed by atoms with Crippen molar-refractivity contribution >= 4 is 16.7 Å². The van der Waals surface area contributed by atoms with E-state index in [1.54, 1.807) is 13.1 Å². The monoisotopic (exact) mass is 316 g/mol. The zero-order valence-electron chi connectivity index (χ0n) is 13.7. The van der Waals surface area contributed by atoms with Crippen LogP contribution in [-0.4, -0.2) is 28.3 Å². The van der Waals surface area contributed by atoms with E-state index in [1.807, 2.05) is 18.2 Å². The molecule has 1 aromatic carbocycles. The zero-order chi connectivity index (χ0) is 16.8. The molecule has 1 aromatic heterocycles. The molecule has 0 fully saturated rings.